The maximum Gasteiger partial charge on any atom is 0.346 e. The van der Waals surface area contributed by atoms with Crippen molar-refractivity contribution in [1.82, 2.24) is 0 Å². The van der Waals surface area contributed by atoms with Crippen molar-refractivity contribution in [2.45, 2.75) is 25.1 Å². The molecule has 0 radical (unpaired) electrons. The number of ether oxygens (including phenoxy) is 1. The molecule has 0 spiro atoms. The van der Waals surface area contributed by atoms with E-state index in [2.05, 4.69) is 15.9 Å². The van der Waals surface area contributed by atoms with E-state index in [9.17, 15) is 9.59 Å². The van der Waals surface area contributed by atoms with Crippen LogP contribution in [0.5, 0.6) is 0 Å². The molecular weight excluding hydrogens is 272 g/mol. The molecule has 0 bridgehead atoms. The lowest BCUT2D eigenvalue weighted by Crippen LogP contribution is -2.13. The van der Waals surface area contributed by atoms with Crippen molar-refractivity contribution in [2.24, 2.45) is 0 Å². The Bertz CT molecular complexity index is 388. The lowest BCUT2D eigenvalue weighted by molar-refractivity contribution is -0.137. The third-order valence-corrected chi connectivity index (χ3v) is 2.65. The molecule has 0 aliphatic rings. The topological polar surface area (TPSA) is 43.4 Å². The van der Waals surface area contributed by atoms with Gasteiger partial charge in [-0.1, -0.05) is 41.1 Å². The smallest absolute Gasteiger partial charge is 0.346 e. The van der Waals surface area contributed by atoms with E-state index in [0.717, 1.165) is 5.56 Å². The minimum Gasteiger partial charge on any atom is -0.389 e. The summed E-state index contributed by atoms with van der Waals surface area (Å²) in [6, 6.07) is 7.04. The van der Waals surface area contributed by atoms with E-state index in [-0.39, 0.29) is 6.42 Å². The quantitative estimate of drug-likeness (QED) is 0.485. The first-order chi connectivity index (χ1) is 7.69. The zero-order chi connectivity index (χ0) is 12.0. The van der Waals surface area contributed by atoms with Gasteiger partial charge in [0.25, 0.3) is 0 Å². The van der Waals surface area contributed by atoms with E-state index in [1.807, 2.05) is 19.1 Å². The Kier molecular flexibility index (Phi) is 5.19. The molecule has 16 heavy (non-hydrogen) atoms. The Labute approximate surface area is 103 Å². The molecule has 0 amide bonds. The van der Waals surface area contributed by atoms with Crippen molar-refractivity contribution in [2.75, 3.05) is 0 Å². The molecule has 0 fully saturated rings. The molecule has 1 aromatic carbocycles. The highest BCUT2D eigenvalue weighted by Gasteiger charge is 2.14. The minimum atomic E-state index is -0.575. The van der Waals surface area contributed by atoms with Gasteiger partial charge in [-0.25, -0.2) is 4.79 Å². The van der Waals surface area contributed by atoms with Gasteiger partial charge < -0.3 is 4.74 Å². The highest BCUT2D eigenvalue weighted by molar-refractivity contribution is 9.08. The van der Waals surface area contributed by atoms with Gasteiger partial charge in [0.15, 0.2) is 0 Å². The number of carbonyl (C=O) groups is 2. The van der Waals surface area contributed by atoms with E-state index in [0.29, 0.717) is 17.3 Å². The van der Waals surface area contributed by atoms with Crippen LogP contribution in [0.3, 0.4) is 0 Å². The second-order valence-corrected chi connectivity index (χ2v) is 3.86. The van der Waals surface area contributed by atoms with Crippen LogP contribution in [0.15, 0.2) is 24.3 Å². The Morgan fingerprint density at radius 2 is 2.00 bits per heavy atom. The fourth-order valence-electron chi connectivity index (χ4n) is 1.25. The number of hydrogen-bond donors (Lipinski definition) is 0. The van der Waals surface area contributed by atoms with Gasteiger partial charge in [0.1, 0.15) is 0 Å². The van der Waals surface area contributed by atoms with Crippen molar-refractivity contribution in [3.05, 3.63) is 35.4 Å². The van der Waals surface area contributed by atoms with Gasteiger partial charge in [0, 0.05) is 11.8 Å². The summed E-state index contributed by atoms with van der Waals surface area (Å²) >= 11 is 3.28. The van der Waals surface area contributed by atoms with Crippen molar-refractivity contribution in [3.8, 4) is 0 Å². The Morgan fingerprint density at radius 3 is 2.62 bits per heavy atom. The zero-order valence-corrected chi connectivity index (χ0v) is 10.6. The van der Waals surface area contributed by atoms with Crippen molar-refractivity contribution < 1.29 is 14.3 Å². The molecule has 1 aromatic rings. The summed E-state index contributed by atoms with van der Waals surface area (Å²) in [5.41, 5.74) is 1.25. The molecule has 3 nitrogen and oxygen atoms in total. The Hall–Kier alpha value is -1.16. The summed E-state index contributed by atoms with van der Waals surface area (Å²) in [6.07, 6.45) is 0.939. The summed E-state index contributed by atoms with van der Waals surface area (Å²) < 4.78 is 4.72. The second kappa shape index (κ2) is 6.43. The van der Waals surface area contributed by atoms with Crippen LogP contribution < -0.4 is 0 Å². The highest BCUT2D eigenvalue weighted by Crippen LogP contribution is 2.14. The molecule has 1 rings (SSSR count). The molecule has 86 valence electrons. The third-order valence-electron chi connectivity index (χ3n) is 2.04. The van der Waals surface area contributed by atoms with Crippen LogP contribution in [0.25, 0.3) is 0 Å². The molecule has 4 heteroatoms. The monoisotopic (exact) mass is 284 g/mol. The highest BCUT2D eigenvalue weighted by atomic mass is 79.9. The summed E-state index contributed by atoms with van der Waals surface area (Å²) in [5, 5.41) is 0.556. The second-order valence-electron chi connectivity index (χ2n) is 3.30. The number of carbonyl (C=O) groups excluding carboxylic acids is 2. The lowest BCUT2D eigenvalue weighted by Gasteiger charge is -2.05. The molecule has 0 aliphatic heterocycles. The first kappa shape index (κ1) is 12.9. The van der Waals surface area contributed by atoms with Crippen LogP contribution >= 0.6 is 15.9 Å². The summed E-state index contributed by atoms with van der Waals surface area (Å²) in [7, 11) is 0. The zero-order valence-electron chi connectivity index (χ0n) is 9.03. The summed E-state index contributed by atoms with van der Waals surface area (Å²) in [5.74, 6) is -1.05. The third kappa shape index (κ3) is 3.45. The molecule has 0 heterocycles. The maximum absolute atomic E-state index is 11.6. The summed E-state index contributed by atoms with van der Waals surface area (Å²) in [6.45, 7) is 1.86. The van der Waals surface area contributed by atoms with Gasteiger partial charge in [-0.15, -0.1) is 0 Å². The maximum atomic E-state index is 11.6. The Morgan fingerprint density at radius 1 is 1.31 bits per heavy atom. The molecule has 0 aromatic heterocycles. The van der Waals surface area contributed by atoms with Crippen molar-refractivity contribution >= 4 is 27.9 Å². The van der Waals surface area contributed by atoms with E-state index in [1.165, 1.54) is 0 Å². The van der Waals surface area contributed by atoms with E-state index in [1.54, 1.807) is 12.1 Å². The predicted octanol–water partition coefficient (Wildman–Crippen LogP) is 3.07. The number of esters is 2. The van der Waals surface area contributed by atoms with Gasteiger partial charge in [-0.05, 0) is 18.1 Å². The van der Waals surface area contributed by atoms with Gasteiger partial charge in [-0.2, -0.15) is 0 Å². The lowest BCUT2D eigenvalue weighted by atomic mass is 10.1. The largest absolute Gasteiger partial charge is 0.389 e. The average molecular weight is 285 g/mol. The van der Waals surface area contributed by atoms with E-state index >= 15 is 0 Å². The molecule has 0 atom stereocenters. The van der Waals surface area contributed by atoms with E-state index < -0.39 is 11.9 Å². The minimum absolute atomic E-state index is 0.266. The van der Waals surface area contributed by atoms with Crippen LogP contribution in [-0.4, -0.2) is 11.9 Å². The molecule has 0 unspecified atom stereocenters. The fraction of sp³-hybridized carbons (Fsp3) is 0.333. The predicted molar refractivity (Wildman–Crippen MR) is 64.4 cm³/mol. The molecule has 0 saturated carbocycles. The molecular formula is C12H13BrO3. The molecule has 0 N–H and O–H groups in total. The number of alkyl halides is 1. The van der Waals surface area contributed by atoms with Crippen LogP contribution in [-0.2, 0) is 14.9 Å². The number of benzene rings is 1. The first-order valence-corrected chi connectivity index (χ1v) is 6.20. The number of hydrogen-bond acceptors (Lipinski definition) is 3. The van der Waals surface area contributed by atoms with Crippen LogP contribution in [0, 0.1) is 0 Å². The van der Waals surface area contributed by atoms with Crippen LogP contribution in [0.4, 0.5) is 0 Å². The first-order valence-electron chi connectivity index (χ1n) is 5.08. The molecule has 0 saturated heterocycles. The number of rotatable bonds is 4. The van der Waals surface area contributed by atoms with Crippen LogP contribution in [0.1, 0.15) is 35.7 Å². The van der Waals surface area contributed by atoms with E-state index in [4.69, 9.17) is 4.74 Å². The Balaban J connectivity index is 2.76. The van der Waals surface area contributed by atoms with Gasteiger partial charge in [-0.3, -0.25) is 4.79 Å². The SMILES string of the molecule is CCCC(=O)OC(=O)c1ccccc1CBr. The van der Waals surface area contributed by atoms with Crippen molar-refractivity contribution in [1.29, 1.82) is 0 Å². The van der Waals surface area contributed by atoms with Gasteiger partial charge in [0.05, 0.1) is 5.56 Å². The van der Waals surface area contributed by atoms with Crippen molar-refractivity contribution in [3.63, 3.8) is 0 Å². The standard InChI is InChI=1S/C12H13BrO3/c1-2-5-11(14)16-12(15)10-7-4-3-6-9(10)8-13/h3-4,6-7H,2,5,8H2,1H3. The van der Waals surface area contributed by atoms with Gasteiger partial charge in [0.2, 0.25) is 0 Å². The average Bonchev–Trinajstić information content (AvgIpc) is 2.29. The van der Waals surface area contributed by atoms with Gasteiger partial charge >= 0.3 is 11.9 Å². The normalized spacial score (nSPS) is 9.88. The fourth-order valence-corrected chi connectivity index (χ4v) is 1.74. The van der Waals surface area contributed by atoms with Crippen LogP contribution in [0.2, 0.25) is 0 Å². The summed E-state index contributed by atoms with van der Waals surface area (Å²) in [4.78, 5) is 22.8. The molecule has 0 aliphatic carbocycles. The number of halogens is 1.